The summed E-state index contributed by atoms with van der Waals surface area (Å²) in [7, 11) is 0. The van der Waals surface area contributed by atoms with Gasteiger partial charge in [-0.05, 0) is 43.7 Å². The van der Waals surface area contributed by atoms with Crippen LogP contribution in [0.5, 0.6) is 0 Å². The summed E-state index contributed by atoms with van der Waals surface area (Å²) in [5.74, 6) is 2.06. The average molecular weight is 290 g/mol. The number of hydrogen-bond acceptors (Lipinski definition) is 4. The fourth-order valence-corrected chi connectivity index (χ4v) is 3.85. The van der Waals surface area contributed by atoms with Crippen molar-refractivity contribution in [3.05, 3.63) is 24.2 Å². The van der Waals surface area contributed by atoms with Gasteiger partial charge >= 0.3 is 0 Å². The van der Waals surface area contributed by atoms with E-state index in [0.717, 1.165) is 50.9 Å². The van der Waals surface area contributed by atoms with Crippen molar-refractivity contribution in [2.45, 2.75) is 44.4 Å². The summed E-state index contributed by atoms with van der Waals surface area (Å²) in [6, 6.07) is 4.70. The summed E-state index contributed by atoms with van der Waals surface area (Å²) in [6.45, 7) is 6.59. The fraction of sp³-hybridized carbons (Fsp3) is 0.765. The van der Waals surface area contributed by atoms with Gasteiger partial charge < -0.3 is 9.15 Å². The number of likely N-dealkylation sites (tertiary alicyclic amines) is 1. The number of hydrogen-bond donors (Lipinski definition) is 0. The van der Waals surface area contributed by atoms with Gasteiger partial charge in [0.15, 0.2) is 0 Å². The van der Waals surface area contributed by atoms with Crippen molar-refractivity contribution in [2.75, 3.05) is 32.8 Å². The fourth-order valence-electron chi connectivity index (χ4n) is 3.85. The maximum absolute atomic E-state index is 6.09. The van der Waals surface area contributed by atoms with Gasteiger partial charge in [0.05, 0.1) is 25.5 Å². The van der Waals surface area contributed by atoms with Crippen molar-refractivity contribution in [1.29, 1.82) is 0 Å². The molecular formula is C17H26N2O2. The molecule has 3 aliphatic rings. The van der Waals surface area contributed by atoms with Gasteiger partial charge in [-0.3, -0.25) is 9.80 Å². The zero-order chi connectivity index (χ0) is 14.1. The molecule has 4 nitrogen and oxygen atoms in total. The highest BCUT2D eigenvalue weighted by atomic mass is 16.5. The summed E-state index contributed by atoms with van der Waals surface area (Å²) in [5.41, 5.74) is 0. The maximum Gasteiger partial charge on any atom is 0.117 e. The highest BCUT2D eigenvalue weighted by Gasteiger charge is 2.37. The minimum atomic E-state index is 0.444. The molecule has 0 amide bonds. The Hall–Kier alpha value is -0.840. The third-order valence-corrected chi connectivity index (χ3v) is 5.23. The molecule has 0 bridgehead atoms. The second kappa shape index (κ2) is 6.11. The molecule has 0 spiro atoms. The Morgan fingerprint density at radius 1 is 1.10 bits per heavy atom. The number of fused-ring (bicyclic) bond motifs is 1. The summed E-state index contributed by atoms with van der Waals surface area (Å²) < 4.78 is 11.6. The van der Waals surface area contributed by atoms with Crippen molar-refractivity contribution in [2.24, 2.45) is 5.92 Å². The van der Waals surface area contributed by atoms with Gasteiger partial charge in [-0.15, -0.1) is 0 Å². The van der Waals surface area contributed by atoms with E-state index in [1.54, 1.807) is 6.26 Å². The van der Waals surface area contributed by atoms with Gasteiger partial charge in [-0.2, -0.15) is 0 Å². The first-order valence-corrected chi connectivity index (χ1v) is 8.49. The van der Waals surface area contributed by atoms with Gasteiger partial charge in [0.25, 0.3) is 0 Å². The molecule has 1 aromatic rings. The molecule has 3 heterocycles. The summed E-state index contributed by atoms with van der Waals surface area (Å²) in [4.78, 5) is 5.25. The van der Waals surface area contributed by atoms with Crippen molar-refractivity contribution in [3.8, 4) is 0 Å². The Bertz CT molecular complexity index is 444. The van der Waals surface area contributed by atoms with E-state index in [1.807, 2.05) is 6.07 Å². The van der Waals surface area contributed by atoms with Crippen molar-refractivity contribution < 1.29 is 9.15 Å². The minimum absolute atomic E-state index is 0.444. The van der Waals surface area contributed by atoms with Crippen LogP contribution in [0.2, 0.25) is 0 Å². The average Bonchev–Trinajstić information content (AvgIpc) is 3.21. The lowest BCUT2D eigenvalue weighted by Crippen LogP contribution is -2.51. The molecule has 1 saturated carbocycles. The topological polar surface area (TPSA) is 28.9 Å². The molecule has 4 heteroatoms. The van der Waals surface area contributed by atoms with E-state index >= 15 is 0 Å². The van der Waals surface area contributed by atoms with Gasteiger partial charge in [-0.25, -0.2) is 0 Å². The Balaban J connectivity index is 1.38. The van der Waals surface area contributed by atoms with Crippen LogP contribution in [0, 0.1) is 5.92 Å². The molecule has 4 rings (SSSR count). The van der Waals surface area contributed by atoms with E-state index in [0.29, 0.717) is 12.1 Å². The lowest BCUT2D eigenvalue weighted by Gasteiger charge is -2.40. The molecule has 3 fully saturated rings. The first-order valence-electron chi connectivity index (χ1n) is 8.49. The first kappa shape index (κ1) is 13.8. The Morgan fingerprint density at radius 2 is 2.00 bits per heavy atom. The molecule has 21 heavy (non-hydrogen) atoms. The highest BCUT2D eigenvalue weighted by molar-refractivity contribution is 4.99. The molecular weight excluding hydrogens is 264 g/mol. The van der Waals surface area contributed by atoms with Crippen LogP contribution in [0.25, 0.3) is 0 Å². The van der Waals surface area contributed by atoms with E-state index in [4.69, 9.17) is 9.15 Å². The van der Waals surface area contributed by atoms with Crippen LogP contribution in [0.4, 0.5) is 0 Å². The monoisotopic (exact) mass is 290 g/mol. The third-order valence-electron chi connectivity index (χ3n) is 5.23. The molecule has 2 saturated heterocycles. The summed E-state index contributed by atoms with van der Waals surface area (Å²) in [5, 5.41) is 0. The van der Waals surface area contributed by atoms with Crippen molar-refractivity contribution in [3.63, 3.8) is 0 Å². The largest absolute Gasteiger partial charge is 0.468 e. The predicted octanol–water partition coefficient (Wildman–Crippen LogP) is 2.35. The van der Waals surface area contributed by atoms with Crippen LogP contribution in [0.1, 0.15) is 31.4 Å². The molecule has 2 unspecified atom stereocenters. The van der Waals surface area contributed by atoms with Crippen LogP contribution >= 0.6 is 0 Å². The molecule has 0 radical (unpaired) electrons. The second-order valence-electron chi connectivity index (χ2n) is 6.85. The first-order chi connectivity index (χ1) is 10.4. The number of ether oxygens (including phenoxy) is 1. The molecule has 2 aliphatic heterocycles. The molecule has 0 aromatic carbocycles. The molecule has 1 aliphatic carbocycles. The van der Waals surface area contributed by atoms with Crippen LogP contribution in [0.15, 0.2) is 22.8 Å². The zero-order valence-corrected chi connectivity index (χ0v) is 12.7. The Morgan fingerprint density at radius 3 is 2.81 bits per heavy atom. The second-order valence-corrected chi connectivity index (χ2v) is 6.85. The smallest absolute Gasteiger partial charge is 0.117 e. The molecule has 1 aromatic heterocycles. The zero-order valence-electron chi connectivity index (χ0n) is 12.7. The van der Waals surface area contributed by atoms with Gasteiger partial charge in [-0.1, -0.05) is 0 Å². The van der Waals surface area contributed by atoms with Crippen molar-refractivity contribution in [1.82, 2.24) is 9.80 Å². The van der Waals surface area contributed by atoms with E-state index in [1.165, 1.54) is 25.8 Å². The van der Waals surface area contributed by atoms with Crippen LogP contribution in [-0.4, -0.2) is 54.7 Å². The van der Waals surface area contributed by atoms with E-state index in [9.17, 15) is 0 Å². The van der Waals surface area contributed by atoms with Gasteiger partial charge in [0.1, 0.15) is 5.76 Å². The number of nitrogens with zero attached hydrogens (tertiary/aromatic N) is 2. The lowest BCUT2D eigenvalue weighted by atomic mass is 10.0. The lowest BCUT2D eigenvalue weighted by molar-refractivity contribution is -0.0727. The van der Waals surface area contributed by atoms with Gasteiger partial charge in [0, 0.05) is 32.2 Å². The number of furan rings is 1. The predicted molar refractivity (Wildman–Crippen MR) is 81.0 cm³/mol. The molecule has 0 N–H and O–H groups in total. The van der Waals surface area contributed by atoms with Crippen LogP contribution in [0.3, 0.4) is 0 Å². The number of morpholine rings is 1. The van der Waals surface area contributed by atoms with Crippen molar-refractivity contribution >= 4 is 0 Å². The Labute approximate surface area is 127 Å². The quantitative estimate of drug-likeness (QED) is 0.851. The normalized spacial score (nSPS) is 31.8. The maximum atomic E-state index is 6.09. The number of rotatable bonds is 4. The van der Waals surface area contributed by atoms with E-state index in [2.05, 4.69) is 15.9 Å². The van der Waals surface area contributed by atoms with E-state index < -0.39 is 0 Å². The van der Waals surface area contributed by atoms with E-state index in [-0.39, 0.29) is 0 Å². The SMILES string of the molecule is c1coc(CN2CCC3OCCN(CC4CC4)C3CC2)c1. The third kappa shape index (κ3) is 3.33. The molecule has 116 valence electrons. The molecule has 2 atom stereocenters. The summed E-state index contributed by atoms with van der Waals surface area (Å²) >= 11 is 0. The minimum Gasteiger partial charge on any atom is -0.468 e. The van der Waals surface area contributed by atoms with Crippen LogP contribution < -0.4 is 0 Å². The standard InChI is InChI=1S/C17H26N2O2/c1-2-15(20-10-1)13-18-7-5-16-17(6-8-18)21-11-9-19(16)12-14-3-4-14/h1-2,10,14,16-17H,3-9,11-13H2. The Kier molecular flexibility index (Phi) is 4.01. The van der Waals surface area contributed by atoms with Gasteiger partial charge in [0.2, 0.25) is 0 Å². The van der Waals surface area contributed by atoms with Crippen LogP contribution in [-0.2, 0) is 11.3 Å². The highest BCUT2D eigenvalue weighted by Crippen LogP contribution is 2.33. The summed E-state index contributed by atoms with van der Waals surface area (Å²) in [6.07, 6.45) is 7.50.